The van der Waals surface area contributed by atoms with Crippen LogP contribution in [-0.2, 0) is 4.79 Å². The maximum atomic E-state index is 13.3. The molecule has 5 rings (SSSR count). The van der Waals surface area contributed by atoms with E-state index in [1.54, 1.807) is 12.1 Å². The number of hydrogen-bond donors (Lipinski definition) is 0. The largest absolute Gasteiger partial charge is 0.308 e. The summed E-state index contributed by atoms with van der Waals surface area (Å²) in [5.74, 6) is 0.0490. The number of thioether (sulfide) groups is 1. The number of ketones is 1. The quantitative estimate of drug-likeness (QED) is 0.429. The minimum absolute atomic E-state index is 0.00507. The number of nitrogens with zero attached hydrogens (tertiary/aromatic N) is 3. The lowest BCUT2D eigenvalue weighted by atomic mass is 9.73. The van der Waals surface area contributed by atoms with Gasteiger partial charge in [-0.05, 0) is 47.4 Å². The maximum Gasteiger partial charge on any atom is 0.269 e. The molecule has 152 valence electrons. The van der Waals surface area contributed by atoms with Crippen molar-refractivity contribution in [3.8, 4) is 0 Å². The molecule has 3 aliphatic rings. The van der Waals surface area contributed by atoms with E-state index in [1.165, 1.54) is 17.8 Å². The van der Waals surface area contributed by atoms with Crippen LogP contribution in [0.3, 0.4) is 0 Å². The monoisotopic (exact) mass is 439 g/mol. The van der Waals surface area contributed by atoms with Crippen LogP contribution in [-0.4, -0.2) is 15.9 Å². The Hall–Kier alpha value is -2.64. The highest BCUT2D eigenvalue weighted by Gasteiger charge is 2.46. The first-order valence-electron chi connectivity index (χ1n) is 9.59. The van der Waals surface area contributed by atoms with Crippen LogP contribution in [0, 0.1) is 15.5 Å². The minimum Gasteiger partial charge on any atom is -0.308 e. The number of carbonyl (C=O) groups is 1. The lowest BCUT2D eigenvalue weighted by molar-refractivity contribution is -0.384. The smallest absolute Gasteiger partial charge is 0.269 e. The number of benzene rings is 2. The first-order chi connectivity index (χ1) is 14.2. The Morgan fingerprint density at radius 3 is 2.80 bits per heavy atom. The van der Waals surface area contributed by atoms with E-state index in [1.807, 2.05) is 29.2 Å². The van der Waals surface area contributed by atoms with Crippen molar-refractivity contribution in [1.82, 2.24) is 0 Å². The Kier molecular flexibility index (Phi) is 4.31. The lowest BCUT2D eigenvalue weighted by Gasteiger charge is -2.40. The van der Waals surface area contributed by atoms with E-state index < -0.39 is 11.0 Å². The molecule has 1 unspecified atom stereocenters. The SMILES string of the molecule is CC1(C)CC(=O)C2=C(C1)N=C1Sc3cc(Cl)ccc3N1C2c1cccc([N+](=O)[O-])c1. The van der Waals surface area contributed by atoms with Gasteiger partial charge in [-0.1, -0.05) is 37.6 Å². The average Bonchev–Trinajstić information content (AvgIpc) is 3.02. The first kappa shape index (κ1) is 19.3. The van der Waals surface area contributed by atoms with Crippen LogP contribution in [0.4, 0.5) is 11.4 Å². The van der Waals surface area contributed by atoms with Crippen LogP contribution < -0.4 is 4.90 Å². The summed E-state index contributed by atoms with van der Waals surface area (Å²) in [5, 5.41) is 12.8. The topological polar surface area (TPSA) is 75.8 Å². The fourth-order valence-corrected chi connectivity index (χ4v) is 5.77. The lowest BCUT2D eigenvalue weighted by Crippen LogP contribution is -2.40. The molecule has 2 aromatic carbocycles. The molecule has 0 N–H and O–H groups in total. The molecule has 0 bridgehead atoms. The molecule has 0 radical (unpaired) electrons. The van der Waals surface area contributed by atoms with Crippen LogP contribution in [0.5, 0.6) is 0 Å². The van der Waals surface area contributed by atoms with Crippen LogP contribution in [0.25, 0.3) is 0 Å². The van der Waals surface area contributed by atoms with Gasteiger partial charge < -0.3 is 4.90 Å². The number of carbonyl (C=O) groups excluding carboxylic acids is 1. The number of aliphatic imine (C=N–C) groups is 1. The number of non-ortho nitro benzene ring substituents is 1. The van der Waals surface area contributed by atoms with E-state index in [2.05, 4.69) is 13.8 Å². The molecule has 0 spiro atoms. The number of hydrogen-bond acceptors (Lipinski definition) is 6. The summed E-state index contributed by atoms with van der Waals surface area (Å²) in [5.41, 5.74) is 2.87. The van der Waals surface area contributed by atoms with Gasteiger partial charge in [0, 0.05) is 34.0 Å². The molecule has 0 saturated carbocycles. The van der Waals surface area contributed by atoms with Gasteiger partial charge in [0.15, 0.2) is 11.0 Å². The molecule has 8 heteroatoms. The average molecular weight is 440 g/mol. The summed E-state index contributed by atoms with van der Waals surface area (Å²) in [6, 6.07) is 11.7. The van der Waals surface area contributed by atoms with Crippen molar-refractivity contribution >= 4 is 45.7 Å². The van der Waals surface area contributed by atoms with Gasteiger partial charge in [-0.2, -0.15) is 0 Å². The van der Waals surface area contributed by atoms with Gasteiger partial charge in [0.2, 0.25) is 0 Å². The zero-order valence-electron chi connectivity index (χ0n) is 16.4. The van der Waals surface area contributed by atoms with Crippen LogP contribution >= 0.6 is 23.4 Å². The van der Waals surface area contributed by atoms with Crippen LogP contribution in [0.2, 0.25) is 5.02 Å². The second-order valence-electron chi connectivity index (χ2n) is 8.53. The highest BCUT2D eigenvalue weighted by atomic mass is 35.5. The molecule has 1 aliphatic carbocycles. The molecule has 2 aromatic rings. The number of Topliss-reactive ketones (excluding diaryl/α,β-unsaturated/α-hetero) is 1. The third-order valence-electron chi connectivity index (χ3n) is 5.64. The highest BCUT2D eigenvalue weighted by molar-refractivity contribution is 8.14. The first-order valence-corrected chi connectivity index (χ1v) is 10.8. The number of fused-ring (bicyclic) bond motifs is 3. The summed E-state index contributed by atoms with van der Waals surface area (Å²) < 4.78 is 0. The Bertz CT molecular complexity index is 1190. The molecule has 0 fully saturated rings. The molecule has 2 heterocycles. The highest BCUT2D eigenvalue weighted by Crippen LogP contribution is 2.53. The normalized spacial score (nSPS) is 21.7. The van der Waals surface area contributed by atoms with E-state index in [0.717, 1.165) is 21.4 Å². The van der Waals surface area contributed by atoms with Gasteiger partial charge in [-0.25, -0.2) is 4.99 Å². The number of nitro groups is 1. The maximum absolute atomic E-state index is 13.3. The van der Waals surface area contributed by atoms with Gasteiger partial charge in [0.1, 0.15) is 0 Å². The molecule has 1 atom stereocenters. The summed E-state index contributed by atoms with van der Waals surface area (Å²) >= 11 is 7.71. The van der Waals surface area contributed by atoms with E-state index >= 15 is 0 Å². The van der Waals surface area contributed by atoms with Gasteiger partial charge in [-0.15, -0.1) is 0 Å². The van der Waals surface area contributed by atoms with Crippen molar-refractivity contribution in [2.24, 2.45) is 10.4 Å². The number of amidine groups is 1. The minimum atomic E-state index is -0.453. The van der Waals surface area contributed by atoms with Crippen molar-refractivity contribution in [1.29, 1.82) is 0 Å². The molecular formula is C22H18ClN3O3S. The zero-order valence-corrected chi connectivity index (χ0v) is 18.0. The zero-order chi connectivity index (χ0) is 21.2. The third kappa shape index (κ3) is 3.04. The number of rotatable bonds is 2. The Morgan fingerprint density at radius 1 is 1.23 bits per heavy atom. The summed E-state index contributed by atoms with van der Waals surface area (Å²) in [6.45, 7) is 4.14. The molecule has 2 aliphatic heterocycles. The fourth-order valence-electron chi connectivity index (χ4n) is 4.43. The number of anilines is 1. The van der Waals surface area contributed by atoms with Gasteiger partial charge >= 0.3 is 0 Å². The number of halogens is 1. The molecule has 0 amide bonds. The van der Waals surface area contributed by atoms with Crippen molar-refractivity contribution in [3.63, 3.8) is 0 Å². The number of nitro benzene ring substituents is 1. The molecule has 0 saturated heterocycles. The molecule has 0 aromatic heterocycles. The fraction of sp³-hybridized carbons (Fsp3) is 0.273. The Labute approximate surface area is 182 Å². The second-order valence-corrected chi connectivity index (χ2v) is 9.98. The van der Waals surface area contributed by atoms with Crippen molar-refractivity contribution in [2.45, 2.75) is 37.6 Å². The summed E-state index contributed by atoms with van der Waals surface area (Å²) in [6.07, 6.45) is 1.12. The van der Waals surface area contributed by atoms with Gasteiger partial charge in [0.05, 0.1) is 22.3 Å². The van der Waals surface area contributed by atoms with Crippen LogP contribution in [0.15, 0.2) is 63.6 Å². The van der Waals surface area contributed by atoms with E-state index in [0.29, 0.717) is 29.0 Å². The van der Waals surface area contributed by atoms with Crippen molar-refractivity contribution in [3.05, 3.63) is 74.4 Å². The Balaban J connectivity index is 1.73. The van der Waals surface area contributed by atoms with E-state index in [4.69, 9.17) is 16.6 Å². The Morgan fingerprint density at radius 2 is 2.03 bits per heavy atom. The molecular weight excluding hydrogens is 422 g/mol. The predicted octanol–water partition coefficient (Wildman–Crippen LogP) is 5.91. The summed E-state index contributed by atoms with van der Waals surface area (Å²) in [4.78, 5) is 32.1. The van der Waals surface area contributed by atoms with Crippen LogP contribution in [0.1, 0.15) is 38.3 Å². The van der Waals surface area contributed by atoms with Gasteiger partial charge in [-0.3, -0.25) is 14.9 Å². The molecule has 30 heavy (non-hydrogen) atoms. The van der Waals surface area contributed by atoms with E-state index in [-0.39, 0.29) is 16.9 Å². The third-order valence-corrected chi connectivity index (χ3v) is 6.90. The van der Waals surface area contributed by atoms with Crippen molar-refractivity contribution in [2.75, 3.05) is 4.90 Å². The predicted molar refractivity (Wildman–Crippen MR) is 118 cm³/mol. The van der Waals surface area contributed by atoms with Crippen molar-refractivity contribution < 1.29 is 9.72 Å². The second kappa shape index (κ2) is 6.68. The van der Waals surface area contributed by atoms with Gasteiger partial charge in [0.25, 0.3) is 5.69 Å². The summed E-state index contributed by atoms with van der Waals surface area (Å²) in [7, 11) is 0. The molecule has 6 nitrogen and oxygen atoms in total. The van der Waals surface area contributed by atoms with E-state index in [9.17, 15) is 14.9 Å². The number of allylic oxidation sites excluding steroid dienone is 1. The standard InChI is InChI=1S/C22H18ClN3O3S/c1-22(2)10-15-19(17(27)11-22)20(12-4-3-5-14(8-12)26(28)29)25-16-7-6-13(23)9-18(16)30-21(25)24-15/h3-9,20H,10-11H2,1-2H3.